The molecular formula is C29H33N. The summed E-state index contributed by atoms with van der Waals surface area (Å²) in [5.41, 5.74) is 10.1. The first-order valence-electron chi connectivity index (χ1n) is 11.6. The van der Waals surface area contributed by atoms with Crippen LogP contribution in [0.3, 0.4) is 0 Å². The Morgan fingerprint density at radius 3 is 2.60 bits per heavy atom. The predicted octanol–water partition coefficient (Wildman–Crippen LogP) is 7.81. The van der Waals surface area contributed by atoms with Crippen molar-refractivity contribution in [1.29, 1.82) is 0 Å². The first kappa shape index (κ1) is 19.5. The van der Waals surface area contributed by atoms with Crippen LogP contribution in [0.2, 0.25) is 0 Å². The lowest BCUT2D eigenvalue weighted by Gasteiger charge is -2.21. The highest BCUT2D eigenvalue weighted by molar-refractivity contribution is 5.93. The molecule has 1 fully saturated rings. The van der Waals surface area contributed by atoms with Crippen LogP contribution >= 0.6 is 0 Å². The summed E-state index contributed by atoms with van der Waals surface area (Å²) in [6.07, 6.45) is 14.5. The molecule has 30 heavy (non-hydrogen) atoms. The maximum Gasteiger partial charge on any atom is 0.0783 e. The second-order valence-corrected chi connectivity index (χ2v) is 10.5. The molecule has 1 unspecified atom stereocenters. The number of fused-ring (bicyclic) bond motifs is 1. The Hall–Kier alpha value is -2.41. The van der Waals surface area contributed by atoms with Crippen molar-refractivity contribution in [3.63, 3.8) is 0 Å². The average Bonchev–Trinajstić information content (AvgIpc) is 3.46. The van der Waals surface area contributed by atoms with E-state index < -0.39 is 0 Å². The molecule has 2 aromatic carbocycles. The number of nitrogens with zero attached hydrogens (tertiary/aromatic N) is 1. The van der Waals surface area contributed by atoms with Gasteiger partial charge in [-0.1, -0.05) is 82.2 Å². The molecule has 2 aromatic rings. The second-order valence-electron chi connectivity index (χ2n) is 10.5. The second kappa shape index (κ2) is 7.69. The minimum Gasteiger partial charge on any atom is -0.284 e. The highest BCUT2D eigenvalue weighted by atomic mass is 14.8. The van der Waals surface area contributed by atoms with Gasteiger partial charge in [0, 0.05) is 6.21 Å². The Labute approximate surface area is 181 Å². The van der Waals surface area contributed by atoms with E-state index in [2.05, 4.69) is 81.6 Å². The number of aliphatic imine (C=N–C) groups is 1. The molecule has 5 rings (SSSR count). The van der Waals surface area contributed by atoms with E-state index >= 15 is 0 Å². The maximum absolute atomic E-state index is 4.90. The standard InChI is InChI=1S/C29H33N/c1-29(2,3)18-24-10-6-7-11-26(24)23-13-12-21(16-23)22-14-15-27-25(17-22)19-30-28(27)20-8-4-5-9-20/h6-7,10-12,14-17,19-20,28H,4-5,8-9,13,18H2,1-3H3. The normalized spacial score (nSPS) is 21.1. The van der Waals surface area contributed by atoms with Crippen molar-refractivity contribution in [3.05, 3.63) is 82.4 Å². The van der Waals surface area contributed by atoms with E-state index in [-0.39, 0.29) is 0 Å². The molecule has 0 amide bonds. The van der Waals surface area contributed by atoms with E-state index in [0.29, 0.717) is 11.5 Å². The van der Waals surface area contributed by atoms with Gasteiger partial charge in [0.05, 0.1) is 6.04 Å². The molecule has 0 aromatic heterocycles. The summed E-state index contributed by atoms with van der Waals surface area (Å²) in [5.74, 6) is 0.755. The Bertz CT molecular complexity index is 1040. The molecule has 154 valence electrons. The van der Waals surface area contributed by atoms with Crippen LogP contribution in [0, 0.1) is 11.3 Å². The molecule has 2 aliphatic carbocycles. The summed E-state index contributed by atoms with van der Waals surface area (Å²) in [4.78, 5) is 4.90. The number of benzene rings is 2. The molecule has 0 N–H and O–H groups in total. The third kappa shape index (κ3) is 3.83. The van der Waals surface area contributed by atoms with Crippen LogP contribution in [0.4, 0.5) is 0 Å². The Balaban J connectivity index is 1.40. The lowest BCUT2D eigenvalue weighted by atomic mass is 9.84. The number of rotatable bonds is 4. The van der Waals surface area contributed by atoms with Gasteiger partial charge in [0.2, 0.25) is 0 Å². The van der Waals surface area contributed by atoms with Crippen molar-refractivity contribution in [2.75, 3.05) is 0 Å². The quantitative estimate of drug-likeness (QED) is 0.500. The zero-order valence-corrected chi connectivity index (χ0v) is 18.6. The SMILES string of the molecule is CC(C)(C)Cc1ccccc1C1=CC(c2ccc3c(c2)C=NC3C2CCCC2)=CC1. The average molecular weight is 396 g/mol. The fourth-order valence-electron chi connectivity index (χ4n) is 5.50. The van der Waals surface area contributed by atoms with Crippen LogP contribution in [0.15, 0.2) is 59.6 Å². The van der Waals surface area contributed by atoms with Crippen molar-refractivity contribution in [2.24, 2.45) is 16.3 Å². The lowest BCUT2D eigenvalue weighted by molar-refractivity contribution is 0.411. The van der Waals surface area contributed by atoms with E-state index in [4.69, 9.17) is 4.99 Å². The summed E-state index contributed by atoms with van der Waals surface area (Å²) < 4.78 is 0. The Kier molecular flexibility index (Phi) is 5.01. The minimum atomic E-state index is 0.292. The largest absolute Gasteiger partial charge is 0.284 e. The first-order chi connectivity index (χ1) is 14.5. The van der Waals surface area contributed by atoms with E-state index in [1.807, 2.05) is 0 Å². The highest BCUT2D eigenvalue weighted by Gasteiger charge is 2.30. The van der Waals surface area contributed by atoms with Crippen molar-refractivity contribution in [3.8, 4) is 0 Å². The first-order valence-corrected chi connectivity index (χ1v) is 11.6. The molecule has 0 spiro atoms. The van der Waals surface area contributed by atoms with Crippen LogP contribution in [0.25, 0.3) is 11.1 Å². The maximum atomic E-state index is 4.90. The molecule has 1 heterocycles. The van der Waals surface area contributed by atoms with Crippen LogP contribution < -0.4 is 0 Å². The lowest BCUT2D eigenvalue weighted by Crippen LogP contribution is -2.10. The summed E-state index contributed by atoms with van der Waals surface area (Å²) >= 11 is 0. The molecule has 0 bridgehead atoms. The summed E-state index contributed by atoms with van der Waals surface area (Å²) in [6, 6.07) is 16.4. The van der Waals surface area contributed by atoms with E-state index in [0.717, 1.165) is 18.8 Å². The van der Waals surface area contributed by atoms with Gasteiger partial charge in [-0.3, -0.25) is 4.99 Å². The fraction of sp³-hybridized carbons (Fsp3) is 0.414. The number of hydrogen-bond acceptors (Lipinski definition) is 1. The van der Waals surface area contributed by atoms with Gasteiger partial charge in [-0.2, -0.15) is 0 Å². The zero-order valence-electron chi connectivity index (χ0n) is 18.6. The van der Waals surface area contributed by atoms with Gasteiger partial charge in [-0.25, -0.2) is 0 Å². The molecule has 1 aliphatic heterocycles. The smallest absolute Gasteiger partial charge is 0.0783 e. The van der Waals surface area contributed by atoms with E-state index in [1.54, 1.807) is 0 Å². The highest BCUT2D eigenvalue weighted by Crippen LogP contribution is 2.43. The van der Waals surface area contributed by atoms with Crippen LogP contribution in [-0.4, -0.2) is 6.21 Å². The van der Waals surface area contributed by atoms with Gasteiger partial charge in [-0.15, -0.1) is 0 Å². The van der Waals surface area contributed by atoms with Crippen molar-refractivity contribution >= 4 is 17.4 Å². The Morgan fingerprint density at radius 1 is 1.00 bits per heavy atom. The molecule has 0 saturated heterocycles. The van der Waals surface area contributed by atoms with Crippen molar-refractivity contribution in [1.82, 2.24) is 0 Å². The summed E-state index contributed by atoms with van der Waals surface area (Å²) in [7, 11) is 0. The van der Waals surface area contributed by atoms with Gasteiger partial charge in [0.15, 0.2) is 0 Å². The third-order valence-electron chi connectivity index (χ3n) is 6.92. The van der Waals surface area contributed by atoms with Crippen LogP contribution in [0.5, 0.6) is 0 Å². The van der Waals surface area contributed by atoms with Gasteiger partial charge in [0.25, 0.3) is 0 Å². The van der Waals surface area contributed by atoms with Crippen LogP contribution in [-0.2, 0) is 6.42 Å². The van der Waals surface area contributed by atoms with Gasteiger partial charge in [0.1, 0.15) is 0 Å². The van der Waals surface area contributed by atoms with Crippen molar-refractivity contribution < 1.29 is 0 Å². The summed E-state index contributed by atoms with van der Waals surface area (Å²) in [6.45, 7) is 6.96. The summed E-state index contributed by atoms with van der Waals surface area (Å²) in [5, 5.41) is 0. The third-order valence-corrected chi connectivity index (χ3v) is 6.92. The molecule has 1 saturated carbocycles. The molecule has 3 aliphatic rings. The fourth-order valence-corrected chi connectivity index (χ4v) is 5.50. The van der Waals surface area contributed by atoms with Gasteiger partial charge in [-0.05, 0) is 82.0 Å². The number of hydrogen-bond donors (Lipinski definition) is 0. The van der Waals surface area contributed by atoms with E-state index in [9.17, 15) is 0 Å². The van der Waals surface area contributed by atoms with Crippen molar-refractivity contribution in [2.45, 2.75) is 65.3 Å². The predicted molar refractivity (Wildman–Crippen MR) is 129 cm³/mol. The molecule has 0 radical (unpaired) electrons. The topological polar surface area (TPSA) is 12.4 Å². The number of allylic oxidation sites excluding steroid dienone is 4. The monoisotopic (exact) mass is 395 g/mol. The van der Waals surface area contributed by atoms with Gasteiger partial charge >= 0.3 is 0 Å². The van der Waals surface area contributed by atoms with Gasteiger partial charge < -0.3 is 0 Å². The minimum absolute atomic E-state index is 0.292. The molecule has 1 nitrogen and oxygen atoms in total. The van der Waals surface area contributed by atoms with E-state index in [1.165, 1.54) is 64.6 Å². The molecule has 1 atom stereocenters. The zero-order chi connectivity index (χ0) is 20.7. The van der Waals surface area contributed by atoms with Crippen LogP contribution in [0.1, 0.15) is 86.7 Å². The molecular weight excluding hydrogens is 362 g/mol. The Morgan fingerprint density at radius 2 is 1.80 bits per heavy atom. The molecule has 1 heteroatoms.